The standard InChI is InChI=1S/C29H40N8O7/c30-20(15-18-8-10-19(38)11-9-18)25(40)35-21(7-4-14-34-29(32)33)26(41)37-23(16-17-5-2-1-3-6-17)27(42)36-22(28(43)44)12-13-24(31)39/h1-3,5-6,8-11,20-23,38H,4,7,12-16,30H2,(H2,31,39)(H,35,40)(H,36,42)(H,37,41)(H,43,44)(H4,32,33,34). The molecule has 44 heavy (non-hydrogen) atoms. The maximum absolute atomic E-state index is 13.5. The van der Waals surface area contributed by atoms with Gasteiger partial charge in [-0.1, -0.05) is 42.5 Å². The molecular formula is C29H40N8O7. The van der Waals surface area contributed by atoms with Crippen molar-refractivity contribution in [1.82, 2.24) is 16.0 Å². The van der Waals surface area contributed by atoms with Crippen LogP contribution in [0.25, 0.3) is 0 Å². The van der Waals surface area contributed by atoms with Gasteiger partial charge in [-0.25, -0.2) is 4.79 Å². The van der Waals surface area contributed by atoms with E-state index in [9.17, 15) is 34.2 Å². The zero-order chi connectivity index (χ0) is 32.6. The van der Waals surface area contributed by atoms with E-state index in [4.69, 9.17) is 22.9 Å². The van der Waals surface area contributed by atoms with Crippen LogP contribution in [-0.2, 0) is 36.8 Å². The van der Waals surface area contributed by atoms with E-state index in [0.29, 0.717) is 11.1 Å². The van der Waals surface area contributed by atoms with E-state index >= 15 is 0 Å². The number of aliphatic imine (C=N–C) groups is 1. The van der Waals surface area contributed by atoms with E-state index in [1.807, 2.05) is 0 Å². The molecule has 4 amide bonds. The Morgan fingerprint density at radius 2 is 1.30 bits per heavy atom. The largest absolute Gasteiger partial charge is 0.508 e. The van der Waals surface area contributed by atoms with Crippen molar-refractivity contribution in [2.75, 3.05) is 6.54 Å². The lowest BCUT2D eigenvalue weighted by atomic mass is 10.0. The highest BCUT2D eigenvalue weighted by Crippen LogP contribution is 2.12. The van der Waals surface area contributed by atoms with Crippen molar-refractivity contribution in [3.05, 3.63) is 65.7 Å². The monoisotopic (exact) mass is 612 g/mol. The minimum absolute atomic E-state index is 0.00436. The molecule has 238 valence electrons. The number of guanidine groups is 1. The number of aromatic hydroxyl groups is 1. The number of benzene rings is 2. The summed E-state index contributed by atoms with van der Waals surface area (Å²) in [6.07, 6.45) is -0.0411. The molecular weight excluding hydrogens is 572 g/mol. The lowest BCUT2D eigenvalue weighted by molar-refractivity contribution is -0.142. The molecule has 4 unspecified atom stereocenters. The fraction of sp³-hybridized carbons (Fsp3) is 0.379. The normalized spacial score (nSPS) is 13.4. The second kappa shape index (κ2) is 17.7. The second-order valence-electron chi connectivity index (χ2n) is 10.1. The van der Waals surface area contributed by atoms with Crippen molar-refractivity contribution >= 4 is 35.6 Å². The van der Waals surface area contributed by atoms with Crippen LogP contribution in [0.2, 0.25) is 0 Å². The summed E-state index contributed by atoms with van der Waals surface area (Å²) in [6, 6.07) is 9.97. The molecule has 2 aromatic carbocycles. The highest BCUT2D eigenvalue weighted by molar-refractivity contribution is 5.94. The molecule has 15 nitrogen and oxygen atoms in total. The average Bonchev–Trinajstić information content (AvgIpc) is 2.97. The first-order valence-corrected chi connectivity index (χ1v) is 13.9. The zero-order valence-corrected chi connectivity index (χ0v) is 24.1. The van der Waals surface area contributed by atoms with Crippen LogP contribution in [0.15, 0.2) is 59.6 Å². The lowest BCUT2D eigenvalue weighted by Crippen LogP contribution is -2.57. The quantitative estimate of drug-likeness (QED) is 0.0526. The Morgan fingerprint density at radius 1 is 0.727 bits per heavy atom. The van der Waals surface area contributed by atoms with E-state index in [0.717, 1.165) is 0 Å². The highest BCUT2D eigenvalue weighted by Gasteiger charge is 2.30. The number of carboxylic acid groups (broad SMARTS) is 1. The van der Waals surface area contributed by atoms with Crippen LogP contribution in [-0.4, -0.2) is 76.5 Å². The number of carbonyl (C=O) groups is 5. The number of nitrogens with two attached hydrogens (primary N) is 4. The molecule has 13 N–H and O–H groups in total. The van der Waals surface area contributed by atoms with E-state index in [1.165, 1.54) is 12.1 Å². The average molecular weight is 613 g/mol. The molecule has 0 saturated heterocycles. The van der Waals surface area contributed by atoms with Gasteiger partial charge in [-0.3, -0.25) is 24.2 Å². The van der Waals surface area contributed by atoms with Crippen molar-refractivity contribution < 1.29 is 34.2 Å². The van der Waals surface area contributed by atoms with E-state index < -0.39 is 53.8 Å². The lowest BCUT2D eigenvalue weighted by Gasteiger charge is -2.25. The third-order valence-electron chi connectivity index (χ3n) is 6.52. The summed E-state index contributed by atoms with van der Waals surface area (Å²) in [6.45, 7) is 0.162. The number of aliphatic carboxylic acids is 1. The van der Waals surface area contributed by atoms with Crippen LogP contribution in [0.1, 0.15) is 36.8 Å². The van der Waals surface area contributed by atoms with Gasteiger partial charge >= 0.3 is 5.97 Å². The first kappa shape index (κ1) is 35.0. The Hall–Kier alpha value is -5.18. The van der Waals surface area contributed by atoms with Gasteiger partial charge in [0.05, 0.1) is 6.04 Å². The Balaban J connectivity index is 2.24. The number of carbonyl (C=O) groups excluding carboxylic acids is 4. The molecule has 2 rings (SSSR count). The number of nitrogens with one attached hydrogen (secondary N) is 3. The molecule has 2 aromatic rings. The molecule has 0 saturated carbocycles. The van der Waals surface area contributed by atoms with Crippen molar-refractivity contribution in [3.8, 4) is 5.75 Å². The molecule has 0 bridgehead atoms. The molecule has 4 atom stereocenters. The van der Waals surface area contributed by atoms with Crippen molar-refractivity contribution in [2.45, 2.75) is 62.7 Å². The topological polar surface area (TPSA) is 278 Å². The molecule has 0 aromatic heterocycles. The third kappa shape index (κ3) is 12.8. The number of nitrogens with zero attached hydrogens (tertiary/aromatic N) is 1. The first-order valence-electron chi connectivity index (χ1n) is 13.9. The van der Waals surface area contributed by atoms with E-state index in [-0.39, 0.29) is 56.8 Å². The fourth-order valence-electron chi connectivity index (χ4n) is 4.18. The van der Waals surface area contributed by atoms with Crippen molar-refractivity contribution in [2.24, 2.45) is 27.9 Å². The third-order valence-corrected chi connectivity index (χ3v) is 6.52. The fourth-order valence-corrected chi connectivity index (χ4v) is 4.18. The summed E-state index contributed by atoms with van der Waals surface area (Å²) < 4.78 is 0. The summed E-state index contributed by atoms with van der Waals surface area (Å²) in [4.78, 5) is 66.6. The summed E-state index contributed by atoms with van der Waals surface area (Å²) in [7, 11) is 0. The number of hydrogen-bond acceptors (Lipinski definition) is 8. The molecule has 0 heterocycles. The van der Waals surface area contributed by atoms with Crippen LogP contribution in [0.4, 0.5) is 0 Å². The number of carboxylic acids is 1. The maximum Gasteiger partial charge on any atom is 0.326 e. The molecule has 15 heteroatoms. The van der Waals surface area contributed by atoms with Crippen LogP contribution in [0.5, 0.6) is 5.75 Å². The van der Waals surface area contributed by atoms with Gasteiger partial charge in [0.1, 0.15) is 23.9 Å². The summed E-state index contributed by atoms with van der Waals surface area (Å²) in [5, 5.41) is 26.6. The number of phenols is 1. The molecule has 0 spiro atoms. The number of hydrogen-bond donors (Lipinski definition) is 9. The minimum atomic E-state index is -1.43. The predicted molar refractivity (Wildman–Crippen MR) is 162 cm³/mol. The summed E-state index contributed by atoms with van der Waals surface area (Å²) in [5.41, 5.74) is 23.3. The van der Waals surface area contributed by atoms with Gasteiger partial charge in [0.15, 0.2) is 5.96 Å². The highest BCUT2D eigenvalue weighted by atomic mass is 16.4. The molecule has 0 radical (unpaired) electrons. The SMILES string of the molecule is NC(=O)CCC(NC(=O)C(Cc1ccccc1)NC(=O)C(CCCN=C(N)N)NC(=O)C(N)Cc1ccc(O)cc1)C(=O)O. The summed E-state index contributed by atoms with van der Waals surface area (Å²) >= 11 is 0. The second-order valence-corrected chi connectivity index (χ2v) is 10.1. The number of primary amides is 1. The minimum Gasteiger partial charge on any atom is -0.508 e. The van der Waals surface area contributed by atoms with Crippen LogP contribution in [0.3, 0.4) is 0 Å². The van der Waals surface area contributed by atoms with Crippen LogP contribution >= 0.6 is 0 Å². The predicted octanol–water partition coefficient (Wildman–Crippen LogP) is -1.64. The number of phenolic OH excluding ortho intramolecular Hbond substituents is 1. The van der Waals surface area contributed by atoms with E-state index in [2.05, 4.69) is 20.9 Å². The van der Waals surface area contributed by atoms with Crippen LogP contribution in [0, 0.1) is 0 Å². The van der Waals surface area contributed by atoms with Crippen LogP contribution < -0.4 is 38.9 Å². The van der Waals surface area contributed by atoms with Gasteiger partial charge in [-0.05, 0) is 48.9 Å². The van der Waals surface area contributed by atoms with Gasteiger partial charge < -0.3 is 49.1 Å². The summed E-state index contributed by atoms with van der Waals surface area (Å²) in [5.74, 6) is -4.37. The van der Waals surface area contributed by atoms with Gasteiger partial charge in [0.25, 0.3) is 0 Å². The van der Waals surface area contributed by atoms with Gasteiger partial charge in [0.2, 0.25) is 23.6 Å². The Bertz CT molecular complexity index is 1300. The maximum atomic E-state index is 13.5. The van der Waals surface area contributed by atoms with Gasteiger partial charge in [0, 0.05) is 19.4 Å². The number of amides is 4. The molecule has 0 aliphatic carbocycles. The van der Waals surface area contributed by atoms with Gasteiger partial charge in [-0.15, -0.1) is 0 Å². The molecule has 0 aliphatic rings. The van der Waals surface area contributed by atoms with Crippen molar-refractivity contribution in [1.29, 1.82) is 0 Å². The smallest absolute Gasteiger partial charge is 0.326 e. The Labute approximate surface area is 254 Å². The molecule has 0 fully saturated rings. The Morgan fingerprint density at radius 3 is 1.89 bits per heavy atom. The van der Waals surface area contributed by atoms with Crippen molar-refractivity contribution in [3.63, 3.8) is 0 Å². The molecule has 0 aliphatic heterocycles. The van der Waals surface area contributed by atoms with Gasteiger partial charge in [-0.2, -0.15) is 0 Å². The Kier molecular flexibility index (Phi) is 14.1. The first-order chi connectivity index (χ1) is 20.8. The number of rotatable bonds is 18. The zero-order valence-electron chi connectivity index (χ0n) is 24.1. The van der Waals surface area contributed by atoms with E-state index in [1.54, 1.807) is 42.5 Å².